The minimum Gasteiger partial charge on any atom is -0.480 e. The van der Waals surface area contributed by atoms with Crippen molar-refractivity contribution in [1.82, 2.24) is 10.3 Å². The maximum atomic E-state index is 12.2. The van der Waals surface area contributed by atoms with E-state index in [1.165, 1.54) is 7.11 Å². The molecule has 0 aliphatic heterocycles. The molecule has 0 aliphatic rings. The lowest BCUT2D eigenvalue weighted by atomic mass is 10.1. The standard InChI is InChI=1S/C20H16Br2N2O4/c1-27-20(26)13-6-4-12(5-7-13)10-24-17(25)11-28-19-16(22)9-15(21)14-3-2-8-23-18(14)19/h2-9H,10-11H2,1H3,(H,24,25). The summed E-state index contributed by atoms with van der Waals surface area (Å²) in [5.74, 6) is -0.155. The van der Waals surface area contributed by atoms with Gasteiger partial charge in [0.1, 0.15) is 5.52 Å². The summed E-state index contributed by atoms with van der Waals surface area (Å²) < 4.78 is 12.0. The van der Waals surface area contributed by atoms with Gasteiger partial charge < -0.3 is 14.8 Å². The fourth-order valence-electron chi connectivity index (χ4n) is 2.55. The van der Waals surface area contributed by atoms with E-state index in [4.69, 9.17) is 4.74 Å². The first kappa shape index (κ1) is 20.3. The van der Waals surface area contributed by atoms with Crippen molar-refractivity contribution < 1.29 is 19.1 Å². The quantitative estimate of drug-likeness (QED) is 0.505. The molecule has 1 amide bonds. The van der Waals surface area contributed by atoms with Gasteiger partial charge in [0.25, 0.3) is 5.91 Å². The van der Waals surface area contributed by atoms with Crippen LogP contribution in [0.5, 0.6) is 5.75 Å². The van der Waals surface area contributed by atoms with Gasteiger partial charge in [0, 0.05) is 22.6 Å². The van der Waals surface area contributed by atoms with Crippen LogP contribution in [-0.4, -0.2) is 30.6 Å². The molecule has 6 nitrogen and oxygen atoms in total. The summed E-state index contributed by atoms with van der Waals surface area (Å²) in [6.07, 6.45) is 1.67. The lowest BCUT2D eigenvalue weighted by molar-refractivity contribution is -0.123. The molecule has 3 rings (SSSR count). The van der Waals surface area contributed by atoms with Crippen LogP contribution in [-0.2, 0) is 16.1 Å². The molecule has 28 heavy (non-hydrogen) atoms. The molecule has 1 N–H and O–H groups in total. The molecular weight excluding hydrogens is 492 g/mol. The molecule has 0 bridgehead atoms. The van der Waals surface area contributed by atoms with Crippen molar-refractivity contribution in [3.8, 4) is 5.75 Å². The van der Waals surface area contributed by atoms with Crippen LogP contribution in [0.25, 0.3) is 10.9 Å². The van der Waals surface area contributed by atoms with Crippen molar-refractivity contribution in [3.05, 3.63) is 68.7 Å². The van der Waals surface area contributed by atoms with E-state index in [1.807, 2.05) is 18.2 Å². The number of nitrogens with one attached hydrogen (secondary N) is 1. The van der Waals surface area contributed by atoms with Crippen molar-refractivity contribution >= 4 is 54.6 Å². The monoisotopic (exact) mass is 506 g/mol. The van der Waals surface area contributed by atoms with Gasteiger partial charge in [-0.25, -0.2) is 4.79 Å². The predicted molar refractivity (Wildman–Crippen MR) is 112 cm³/mol. The van der Waals surface area contributed by atoms with Crippen LogP contribution in [0.3, 0.4) is 0 Å². The summed E-state index contributed by atoms with van der Waals surface area (Å²) in [6, 6.07) is 12.4. The first-order valence-electron chi connectivity index (χ1n) is 8.29. The number of pyridine rings is 1. The van der Waals surface area contributed by atoms with Gasteiger partial charge >= 0.3 is 5.97 Å². The molecule has 0 saturated carbocycles. The minimum atomic E-state index is -0.398. The Morgan fingerprint density at radius 1 is 1.11 bits per heavy atom. The lowest BCUT2D eigenvalue weighted by Gasteiger charge is -2.12. The minimum absolute atomic E-state index is 0.147. The lowest BCUT2D eigenvalue weighted by Crippen LogP contribution is -2.28. The zero-order valence-corrected chi connectivity index (χ0v) is 18.0. The van der Waals surface area contributed by atoms with E-state index in [-0.39, 0.29) is 12.5 Å². The Kier molecular flexibility index (Phi) is 6.64. The summed E-state index contributed by atoms with van der Waals surface area (Å²) >= 11 is 6.95. The molecule has 0 fully saturated rings. The van der Waals surface area contributed by atoms with Gasteiger partial charge in [-0.15, -0.1) is 0 Å². The van der Waals surface area contributed by atoms with E-state index in [1.54, 1.807) is 30.5 Å². The van der Waals surface area contributed by atoms with Crippen molar-refractivity contribution in [2.45, 2.75) is 6.54 Å². The predicted octanol–water partition coefficient (Wildman–Crippen LogP) is 4.24. The van der Waals surface area contributed by atoms with Gasteiger partial charge in [0.15, 0.2) is 12.4 Å². The van der Waals surface area contributed by atoms with Crippen LogP contribution in [0.1, 0.15) is 15.9 Å². The van der Waals surface area contributed by atoms with Crippen molar-refractivity contribution in [3.63, 3.8) is 0 Å². The highest BCUT2D eigenvalue weighted by Crippen LogP contribution is 2.37. The molecular formula is C20H16Br2N2O4. The van der Waals surface area contributed by atoms with Crippen molar-refractivity contribution in [2.24, 2.45) is 0 Å². The van der Waals surface area contributed by atoms with Crippen LogP contribution in [0.2, 0.25) is 0 Å². The number of carbonyl (C=O) groups excluding carboxylic acids is 2. The maximum Gasteiger partial charge on any atom is 0.337 e. The van der Waals surface area contributed by atoms with E-state index in [0.29, 0.717) is 27.8 Å². The van der Waals surface area contributed by atoms with Gasteiger partial charge in [-0.05, 0) is 45.8 Å². The number of carbonyl (C=O) groups is 2. The van der Waals surface area contributed by atoms with Gasteiger partial charge in [-0.2, -0.15) is 0 Å². The van der Waals surface area contributed by atoms with Crippen LogP contribution in [0.4, 0.5) is 0 Å². The Hall–Kier alpha value is -2.45. The maximum absolute atomic E-state index is 12.2. The number of nitrogens with zero attached hydrogens (tertiary/aromatic N) is 1. The van der Waals surface area contributed by atoms with Gasteiger partial charge in [-0.1, -0.05) is 34.1 Å². The smallest absolute Gasteiger partial charge is 0.337 e. The number of amides is 1. The molecule has 0 saturated heterocycles. The summed E-state index contributed by atoms with van der Waals surface area (Å²) in [5.41, 5.74) is 1.98. The third-order valence-electron chi connectivity index (χ3n) is 3.96. The largest absolute Gasteiger partial charge is 0.480 e. The number of fused-ring (bicyclic) bond motifs is 1. The molecule has 0 aliphatic carbocycles. The van der Waals surface area contributed by atoms with E-state index < -0.39 is 5.97 Å². The van der Waals surface area contributed by atoms with E-state index in [2.05, 4.69) is 46.9 Å². The van der Waals surface area contributed by atoms with Crippen molar-refractivity contribution in [1.29, 1.82) is 0 Å². The van der Waals surface area contributed by atoms with E-state index in [0.717, 1.165) is 15.4 Å². The summed E-state index contributed by atoms with van der Waals surface area (Å²) in [6.45, 7) is 0.177. The zero-order valence-electron chi connectivity index (χ0n) is 14.9. The van der Waals surface area contributed by atoms with Crippen LogP contribution in [0.15, 0.2) is 57.6 Å². The number of benzene rings is 2. The molecule has 0 atom stereocenters. The number of aromatic nitrogens is 1. The molecule has 144 valence electrons. The van der Waals surface area contributed by atoms with Crippen LogP contribution in [0, 0.1) is 0 Å². The number of hydrogen-bond acceptors (Lipinski definition) is 5. The average Bonchev–Trinajstić information content (AvgIpc) is 2.72. The second-order valence-electron chi connectivity index (χ2n) is 5.82. The molecule has 2 aromatic carbocycles. The number of rotatable bonds is 6. The fourth-order valence-corrected chi connectivity index (χ4v) is 3.94. The fraction of sp³-hybridized carbons (Fsp3) is 0.150. The second kappa shape index (κ2) is 9.16. The molecule has 0 spiro atoms. The van der Waals surface area contributed by atoms with Gasteiger partial charge in [-0.3, -0.25) is 9.78 Å². The molecule has 0 unspecified atom stereocenters. The Morgan fingerprint density at radius 2 is 1.86 bits per heavy atom. The molecule has 1 aromatic heterocycles. The first-order valence-corrected chi connectivity index (χ1v) is 9.87. The first-order chi connectivity index (χ1) is 13.5. The highest BCUT2D eigenvalue weighted by atomic mass is 79.9. The Labute approximate surface area is 178 Å². The van der Waals surface area contributed by atoms with Crippen molar-refractivity contribution in [2.75, 3.05) is 13.7 Å². The van der Waals surface area contributed by atoms with Crippen LogP contribution < -0.4 is 10.1 Å². The summed E-state index contributed by atoms with van der Waals surface area (Å²) in [7, 11) is 1.33. The molecule has 1 heterocycles. The normalized spacial score (nSPS) is 10.5. The molecule has 8 heteroatoms. The van der Waals surface area contributed by atoms with E-state index in [9.17, 15) is 9.59 Å². The highest BCUT2D eigenvalue weighted by molar-refractivity contribution is 9.11. The highest BCUT2D eigenvalue weighted by Gasteiger charge is 2.13. The van der Waals surface area contributed by atoms with Crippen LogP contribution >= 0.6 is 31.9 Å². The van der Waals surface area contributed by atoms with Gasteiger partial charge in [0.05, 0.1) is 17.1 Å². The molecule has 0 radical (unpaired) electrons. The number of methoxy groups -OCH3 is 1. The SMILES string of the molecule is COC(=O)c1ccc(CNC(=O)COc2c(Br)cc(Br)c3cccnc23)cc1. The Bertz CT molecular complexity index is 1020. The molecule has 3 aromatic rings. The summed E-state index contributed by atoms with van der Waals surface area (Å²) in [5, 5.41) is 3.68. The number of hydrogen-bond donors (Lipinski definition) is 1. The third kappa shape index (κ3) is 4.69. The Balaban J connectivity index is 1.61. The Morgan fingerprint density at radius 3 is 2.57 bits per heavy atom. The average molecular weight is 508 g/mol. The topological polar surface area (TPSA) is 77.5 Å². The summed E-state index contributed by atoms with van der Waals surface area (Å²) in [4.78, 5) is 28.0. The second-order valence-corrected chi connectivity index (χ2v) is 7.53. The number of esters is 1. The number of halogens is 2. The number of ether oxygens (including phenoxy) is 2. The third-order valence-corrected chi connectivity index (χ3v) is 5.21. The van der Waals surface area contributed by atoms with E-state index >= 15 is 0 Å². The van der Waals surface area contributed by atoms with Gasteiger partial charge in [0.2, 0.25) is 0 Å². The zero-order chi connectivity index (χ0) is 20.1.